The van der Waals surface area contributed by atoms with Gasteiger partial charge in [-0.05, 0) is 26.0 Å². The summed E-state index contributed by atoms with van der Waals surface area (Å²) in [7, 11) is 0. The number of carboxylic acids is 1. The third-order valence-corrected chi connectivity index (χ3v) is 2.32. The van der Waals surface area contributed by atoms with E-state index in [1.165, 1.54) is 0 Å². The lowest BCUT2D eigenvalue weighted by Gasteiger charge is -2.37. The molecule has 0 amide bonds. The topological polar surface area (TPSA) is 55.8 Å². The molecule has 0 saturated heterocycles. The molecule has 1 aromatic carbocycles. The zero-order valence-electron chi connectivity index (χ0n) is 8.56. The van der Waals surface area contributed by atoms with Crippen LogP contribution in [0.1, 0.15) is 13.8 Å². The summed E-state index contributed by atoms with van der Waals surface area (Å²) in [6.45, 7) is 3.39. The first-order valence-corrected chi connectivity index (χ1v) is 4.68. The van der Waals surface area contributed by atoms with Gasteiger partial charge in [-0.2, -0.15) is 0 Å². The van der Waals surface area contributed by atoms with E-state index in [1.807, 2.05) is 6.07 Å². The zero-order valence-corrected chi connectivity index (χ0v) is 8.56. The number of rotatable bonds is 1. The van der Waals surface area contributed by atoms with Crippen molar-refractivity contribution in [3.8, 4) is 11.5 Å². The first kappa shape index (κ1) is 9.83. The van der Waals surface area contributed by atoms with E-state index in [4.69, 9.17) is 14.6 Å². The Labute approximate surface area is 87.4 Å². The lowest BCUT2D eigenvalue weighted by Crippen LogP contribution is -2.52. The van der Waals surface area contributed by atoms with Crippen LogP contribution in [0.2, 0.25) is 0 Å². The molecule has 2 rings (SSSR count). The van der Waals surface area contributed by atoms with E-state index >= 15 is 0 Å². The molecule has 0 aromatic heterocycles. The lowest BCUT2D eigenvalue weighted by atomic mass is 10.00. The van der Waals surface area contributed by atoms with Gasteiger partial charge >= 0.3 is 5.97 Å². The van der Waals surface area contributed by atoms with Crippen LogP contribution < -0.4 is 9.47 Å². The van der Waals surface area contributed by atoms with Gasteiger partial charge < -0.3 is 14.6 Å². The largest absolute Gasteiger partial charge is 0.479 e. The summed E-state index contributed by atoms with van der Waals surface area (Å²) in [5.41, 5.74) is -0.861. The van der Waals surface area contributed by atoms with Gasteiger partial charge in [-0.15, -0.1) is 0 Å². The molecule has 0 unspecified atom stereocenters. The highest BCUT2D eigenvalue weighted by atomic mass is 16.6. The third-order valence-electron chi connectivity index (χ3n) is 2.32. The number of ether oxygens (including phenoxy) is 2. The number of aliphatic carboxylic acids is 1. The molecule has 15 heavy (non-hydrogen) atoms. The Hall–Kier alpha value is -1.71. The van der Waals surface area contributed by atoms with E-state index < -0.39 is 17.7 Å². The van der Waals surface area contributed by atoms with Gasteiger partial charge in [0.25, 0.3) is 0 Å². The minimum Gasteiger partial charge on any atom is -0.479 e. The van der Waals surface area contributed by atoms with E-state index in [-0.39, 0.29) is 0 Å². The number of hydrogen-bond donors (Lipinski definition) is 1. The molecule has 0 spiro atoms. The monoisotopic (exact) mass is 208 g/mol. The van der Waals surface area contributed by atoms with Crippen molar-refractivity contribution >= 4 is 5.97 Å². The number of benzene rings is 1. The molecule has 1 atom stereocenters. The van der Waals surface area contributed by atoms with Crippen LogP contribution in [0.4, 0.5) is 0 Å². The van der Waals surface area contributed by atoms with Gasteiger partial charge in [0.15, 0.2) is 17.1 Å². The number of para-hydroxylation sites is 2. The Morgan fingerprint density at radius 1 is 1.33 bits per heavy atom. The van der Waals surface area contributed by atoms with Crippen molar-refractivity contribution in [2.24, 2.45) is 0 Å². The highest BCUT2D eigenvalue weighted by Crippen LogP contribution is 2.37. The highest BCUT2D eigenvalue weighted by Gasteiger charge is 2.43. The van der Waals surface area contributed by atoms with Gasteiger partial charge in [-0.1, -0.05) is 12.1 Å². The first-order chi connectivity index (χ1) is 7.00. The molecule has 1 aliphatic rings. The van der Waals surface area contributed by atoms with Crippen molar-refractivity contribution in [3.63, 3.8) is 0 Å². The van der Waals surface area contributed by atoms with E-state index in [1.54, 1.807) is 32.0 Å². The Kier molecular flexibility index (Phi) is 2.07. The second-order valence-electron chi connectivity index (χ2n) is 3.99. The third kappa shape index (κ3) is 1.63. The second-order valence-corrected chi connectivity index (χ2v) is 3.99. The minimum absolute atomic E-state index is 0.476. The number of hydrogen-bond acceptors (Lipinski definition) is 3. The standard InChI is InChI=1S/C11H12O4/c1-11(2)9(10(12)13)14-7-5-3-4-6-8(7)15-11/h3-6,9H,1-2H3,(H,12,13)/t9-/m0/s1. The Bertz CT molecular complexity index is 397. The van der Waals surface area contributed by atoms with Crippen LogP contribution in [0, 0.1) is 0 Å². The summed E-state index contributed by atoms with van der Waals surface area (Å²) >= 11 is 0. The predicted molar refractivity (Wildman–Crippen MR) is 53.2 cm³/mol. The van der Waals surface area contributed by atoms with Crippen molar-refractivity contribution in [1.29, 1.82) is 0 Å². The van der Waals surface area contributed by atoms with Crippen LogP contribution in [0.3, 0.4) is 0 Å². The molecule has 0 bridgehead atoms. The van der Waals surface area contributed by atoms with Crippen molar-refractivity contribution in [1.82, 2.24) is 0 Å². The van der Waals surface area contributed by atoms with Crippen molar-refractivity contribution < 1.29 is 19.4 Å². The van der Waals surface area contributed by atoms with Gasteiger partial charge in [0.1, 0.15) is 0 Å². The van der Waals surface area contributed by atoms with Crippen LogP contribution in [0.5, 0.6) is 11.5 Å². The average molecular weight is 208 g/mol. The summed E-state index contributed by atoms with van der Waals surface area (Å²) in [6, 6.07) is 7.05. The molecule has 80 valence electrons. The maximum absolute atomic E-state index is 11.0. The van der Waals surface area contributed by atoms with Crippen LogP contribution >= 0.6 is 0 Å². The molecular weight excluding hydrogens is 196 g/mol. The molecule has 1 heterocycles. The van der Waals surface area contributed by atoms with Crippen molar-refractivity contribution in [2.75, 3.05) is 0 Å². The minimum atomic E-state index is -1.02. The van der Waals surface area contributed by atoms with E-state index in [2.05, 4.69) is 0 Å². The average Bonchev–Trinajstić information content (AvgIpc) is 2.14. The van der Waals surface area contributed by atoms with Crippen LogP contribution in [-0.4, -0.2) is 22.8 Å². The smallest absolute Gasteiger partial charge is 0.349 e. The van der Waals surface area contributed by atoms with E-state index in [0.717, 1.165) is 0 Å². The molecular formula is C11H12O4. The molecule has 0 radical (unpaired) electrons. The fourth-order valence-corrected chi connectivity index (χ4v) is 1.59. The summed E-state index contributed by atoms with van der Waals surface area (Å²) in [5, 5.41) is 8.99. The Balaban J connectivity index is 2.40. The van der Waals surface area contributed by atoms with E-state index in [9.17, 15) is 4.79 Å². The van der Waals surface area contributed by atoms with Gasteiger partial charge in [-0.25, -0.2) is 4.79 Å². The SMILES string of the molecule is CC1(C)Oc2ccccc2O[C@H]1C(=O)O. The Morgan fingerprint density at radius 3 is 2.53 bits per heavy atom. The summed E-state index contributed by atoms with van der Waals surface area (Å²) in [6.07, 6.45) is -0.979. The fourth-order valence-electron chi connectivity index (χ4n) is 1.59. The van der Waals surface area contributed by atoms with Gasteiger partial charge in [0.2, 0.25) is 6.10 Å². The number of carbonyl (C=O) groups is 1. The van der Waals surface area contributed by atoms with Crippen LogP contribution in [0.25, 0.3) is 0 Å². The maximum atomic E-state index is 11.0. The normalized spacial score (nSPS) is 22.1. The second kappa shape index (κ2) is 3.15. The van der Waals surface area contributed by atoms with Gasteiger partial charge in [0.05, 0.1) is 0 Å². The fraction of sp³-hybridized carbons (Fsp3) is 0.364. The zero-order chi connectivity index (χ0) is 11.1. The molecule has 4 nitrogen and oxygen atoms in total. The molecule has 1 aliphatic heterocycles. The first-order valence-electron chi connectivity index (χ1n) is 4.68. The molecule has 4 heteroatoms. The number of fused-ring (bicyclic) bond motifs is 1. The highest BCUT2D eigenvalue weighted by molar-refractivity contribution is 5.75. The molecule has 1 aromatic rings. The lowest BCUT2D eigenvalue weighted by molar-refractivity contribution is -0.157. The van der Waals surface area contributed by atoms with Crippen LogP contribution in [0.15, 0.2) is 24.3 Å². The maximum Gasteiger partial charge on any atom is 0.349 e. The summed E-state index contributed by atoms with van der Waals surface area (Å²) in [4.78, 5) is 11.0. The van der Waals surface area contributed by atoms with Crippen molar-refractivity contribution in [3.05, 3.63) is 24.3 Å². The summed E-state index contributed by atoms with van der Waals surface area (Å²) in [5.74, 6) is 0.0405. The van der Waals surface area contributed by atoms with Gasteiger partial charge in [0, 0.05) is 0 Å². The predicted octanol–water partition coefficient (Wildman–Crippen LogP) is 1.69. The quantitative estimate of drug-likeness (QED) is 0.763. The van der Waals surface area contributed by atoms with E-state index in [0.29, 0.717) is 11.5 Å². The molecule has 0 aliphatic carbocycles. The Morgan fingerprint density at radius 2 is 1.93 bits per heavy atom. The summed E-state index contributed by atoms with van der Waals surface area (Å²) < 4.78 is 11.0. The van der Waals surface area contributed by atoms with Crippen molar-refractivity contribution in [2.45, 2.75) is 25.6 Å². The van der Waals surface area contributed by atoms with Crippen LogP contribution in [-0.2, 0) is 4.79 Å². The van der Waals surface area contributed by atoms with Gasteiger partial charge in [-0.3, -0.25) is 0 Å². The molecule has 0 saturated carbocycles. The number of carboxylic acid groups (broad SMARTS) is 1. The molecule has 0 fully saturated rings. The molecule has 1 N–H and O–H groups in total.